The van der Waals surface area contributed by atoms with Crippen LogP contribution in [0.5, 0.6) is 0 Å². The van der Waals surface area contributed by atoms with Gasteiger partial charge in [0.1, 0.15) is 5.82 Å². The van der Waals surface area contributed by atoms with E-state index in [1.165, 1.54) is 12.1 Å². The lowest BCUT2D eigenvalue weighted by Gasteiger charge is -2.07. The first-order valence-electron chi connectivity index (χ1n) is 7.64. The molecule has 0 spiro atoms. The van der Waals surface area contributed by atoms with Crippen molar-refractivity contribution in [1.29, 1.82) is 0 Å². The molecular weight excluding hydrogens is 345 g/mol. The molecule has 0 aliphatic rings. The maximum atomic E-state index is 13.6. The Morgan fingerprint density at radius 1 is 1.12 bits per heavy atom. The van der Waals surface area contributed by atoms with Crippen LogP contribution >= 0.6 is 11.6 Å². The lowest BCUT2D eigenvalue weighted by Crippen LogP contribution is -2.36. The molecule has 25 heavy (non-hydrogen) atoms. The van der Waals surface area contributed by atoms with Crippen LogP contribution in [0.15, 0.2) is 48.7 Å². The Hall–Kier alpha value is -2.86. The van der Waals surface area contributed by atoms with Crippen LogP contribution in [0.2, 0.25) is 5.02 Å². The molecule has 0 fully saturated rings. The van der Waals surface area contributed by atoms with E-state index in [1.54, 1.807) is 0 Å². The predicted molar refractivity (Wildman–Crippen MR) is 95.1 cm³/mol. The van der Waals surface area contributed by atoms with E-state index in [0.29, 0.717) is 6.42 Å². The van der Waals surface area contributed by atoms with E-state index in [4.69, 9.17) is 11.6 Å². The van der Waals surface area contributed by atoms with Gasteiger partial charge in [-0.3, -0.25) is 9.59 Å². The average Bonchev–Trinajstić information content (AvgIpc) is 3.00. The van der Waals surface area contributed by atoms with E-state index < -0.39 is 17.6 Å². The third-order valence-corrected chi connectivity index (χ3v) is 3.98. The van der Waals surface area contributed by atoms with Gasteiger partial charge in [0.2, 0.25) is 0 Å². The molecule has 0 aliphatic heterocycles. The number of anilines is 1. The second-order valence-corrected chi connectivity index (χ2v) is 5.88. The zero-order chi connectivity index (χ0) is 17.8. The van der Waals surface area contributed by atoms with E-state index in [1.807, 2.05) is 30.5 Å². The SMILES string of the molecule is O=C(NCCc1c[nH]c2ccccc12)C(=O)Nc1ccc(Cl)cc1F. The molecule has 1 heterocycles. The van der Waals surface area contributed by atoms with Gasteiger partial charge in [0.25, 0.3) is 0 Å². The van der Waals surface area contributed by atoms with Crippen molar-refractivity contribution >= 4 is 40.0 Å². The molecule has 0 aliphatic carbocycles. The number of aromatic amines is 1. The summed E-state index contributed by atoms with van der Waals surface area (Å²) < 4.78 is 13.6. The van der Waals surface area contributed by atoms with Crippen LogP contribution in [-0.4, -0.2) is 23.3 Å². The third-order valence-electron chi connectivity index (χ3n) is 3.74. The Kier molecular flexibility index (Phi) is 5.00. The minimum absolute atomic E-state index is 0.0961. The summed E-state index contributed by atoms with van der Waals surface area (Å²) in [4.78, 5) is 26.8. The highest BCUT2D eigenvalue weighted by Crippen LogP contribution is 2.19. The van der Waals surface area contributed by atoms with Crippen LogP contribution in [0.4, 0.5) is 10.1 Å². The summed E-state index contributed by atoms with van der Waals surface area (Å²) in [5.41, 5.74) is 1.96. The number of carbonyl (C=O) groups is 2. The Labute approximate surface area is 148 Å². The number of nitrogens with one attached hydrogen (secondary N) is 3. The zero-order valence-electron chi connectivity index (χ0n) is 13.1. The summed E-state index contributed by atoms with van der Waals surface area (Å²) in [6.45, 7) is 0.289. The highest BCUT2D eigenvalue weighted by Gasteiger charge is 2.15. The van der Waals surface area contributed by atoms with E-state index in [9.17, 15) is 14.0 Å². The molecule has 128 valence electrons. The van der Waals surface area contributed by atoms with Crippen LogP contribution in [0.25, 0.3) is 10.9 Å². The van der Waals surface area contributed by atoms with Crippen LogP contribution in [0.3, 0.4) is 0 Å². The topological polar surface area (TPSA) is 74.0 Å². The third kappa shape index (κ3) is 3.97. The molecule has 1 aromatic heterocycles. The predicted octanol–water partition coefficient (Wildman–Crippen LogP) is 3.26. The average molecular weight is 360 g/mol. The van der Waals surface area contributed by atoms with Gasteiger partial charge in [-0.05, 0) is 36.2 Å². The number of rotatable bonds is 4. The second-order valence-electron chi connectivity index (χ2n) is 5.44. The standard InChI is InChI=1S/C18H15ClFN3O2/c19-12-5-6-16(14(20)9-12)23-18(25)17(24)21-8-7-11-10-22-15-4-2-1-3-13(11)15/h1-6,9-10,22H,7-8H2,(H,21,24)(H,23,25). The number of carbonyl (C=O) groups excluding carboxylic acids is 2. The van der Waals surface area contributed by atoms with Crippen LogP contribution in [-0.2, 0) is 16.0 Å². The molecule has 0 unspecified atom stereocenters. The number of hydrogen-bond donors (Lipinski definition) is 3. The van der Waals surface area contributed by atoms with Crippen molar-refractivity contribution in [2.45, 2.75) is 6.42 Å². The lowest BCUT2D eigenvalue weighted by molar-refractivity contribution is -0.136. The van der Waals surface area contributed by atoms with Crippen LogP contribution in [0.1, 0.15) is 5.56 Å². The normalized spacial score (nSPS) is 10.6. The first kappa shape index (κ1) is 17.0. The molecule has 3 rings (SSSR count). The molecule has 3 N–H and O–H groups in total. The molecule has 0 radical (unpaired) electrons. The fourth-order valence-electron chi connectivity index (χ4n) is 2.50. The number of benzene rings is 2. The maximum Gasteiger partial charge on any atom is 0.313 e. The summed E-state index contributed by atoms with van der Waals surface area (Å²) in [6.07, 6.45) is 2.44. The molecule has 0 atom stereocenters. The number of H-pyrrole nitrogens is 1. The van der Waals surface area contributed by atoms with Crippen molar-refractivity contribution < 1.29 is 14.0 Å². The quantitative estimate of drug-likeness (QED) is 0.625. The van der Waals surface area contributed by atoms with Crippen molar-refractivity contribution in [3.8, 4) is 0 Å². The van der Waals surface area contributed by atoms with Crippen LogP contribution < -0.4 is 10.6 Å². The molecule has 3 aromatic rings. The van der Waals surface area contributed by atoms with Crippen LogP contribution in [0, 0.1) is 5.82 Å². The minimum Gasteiger partial charge on any atom is -0.361 e. The van der Waals surface area contributed by atoms with Gasteiger partial charge in [-0.2, -0.15) is 0 Å². The summed E-state index contributed by atoms with van der Waals surface area (Å²) in [5, 5.41) is 6.02. The van der Waals surface area contributed by atoms with Gasteiger partial charge in [0, 0.05) is 28.7 Å². The molecule has 0 saturated heterocycles. The van der Waals surface area contributed by atoms with Crippen molar-refractivity contribution in [2.75, 3.05) is 11.9 Å². The summed E-state index contributed by atoms with van der Waals surface area (Å²) >= 11 is 5.64. The zero-order valence-corrected chi connectivity index (χ0v) is 13.9. The molecule has 7 heteroatoms. The fourth-order valence-corrected chi connectivity index (χ4v) is 2.66. The lowest BCUT2D eigenvalue weighted by atomic mass is 10.1. The number of fused-ring (bicyclic) bond motifs is 1. The highest BCUT2D eigenvalue weighted by molar-refractivity contribution is 6.39. The number of hydrogen-bond acceptors (Lipinski definition) is 2. The number of aromatic nitrogens is 1. The van der Waals surface area contributed by atoms with E-state index >= 15 is 0 Å². The molecule has 2 aromatic carbocycles. The molecular formula is C18H15ClFN3O2. The number of amides is 2. The minimum atomic E-state index is -0.930. The van der Waals surface area contributed by atoms with Gasteiger partial charge in [0.15, 0.2) is 0 Å². The second kappa shape index (κ2) is 7.36. The Morgan fingerprint density at radius 2 is 1.92 bits per heavy atom. The Balaban J connectivity index is 1.54. The largest absolute Gasteiger partial charge is 0.361 e. The number of halogens is 2. The summed E-state index contributed by atoms with van der Waals surface area (Å²) in [7, 11) is 0. The van der Waals surface area contributed by atoms with Crippen molar-refractivity contribution in [2.24, 2.45) is 0 Å². The first-order chi connectivity index (χ1) is 12.0. The maximum absolute atomic E-state index is 13.6. The Bertz CT molecular complexity index is 939. The number of para-hydroxylation sites is 1. The molecule has 5 nitrogen and oxygen atoms in total. The molecule has 0 saturated carbocycles. The van der Waals surface area contributed by atoms with Gasteiger partial charge in [0.05, 0.1) is 5.69 Å². The van der Waals surface area contributed by atoms with Gasteiger partial charge in [-0.1, -0.05) is 29.8 Å². The van der Waals surface area contributed by atoms with E-state index in [-0.39, 0.29) is 17.3 Å². The smallest absolute Gasteiger partial charge is 0.313 e. The van der Waals surface area contributed by atoms with E-state index in [2.05, 4.69) is 15.6 Å². The van der Waals surface area contributed by atoms with Gasteiger partial charge in [-0.15, -0.1) is 0 Å². The van der Waals surface area contributed by atoms with E-state index in [0.717, 1.165) is 22.5 Å². The van der Waals surface area contributed by atoms with Gasteiger partial charge < -0.3 is 15.6 Å². The highest BCUT2D eigenvalue weighted by atomic mass is 35.5. The van der Waals surface area contributed by atoms with Crippen molar-refractivity contribution in [3.05, 3.63) is 65.1 Å². The van der Waals surface area contributed by atoms with Gasteiger partial charge in [-0.25, -0.2) is 4.39 Å². The first-order valence-corrected chi connectivity index (χ1v) is 8.01. The van der Waals surface area contributed by atoms with Gasteiger partial charge >= 0.3 is 11.8 Å². The Morgan fingerprint density at radius 3 is 2.72 bits per heavy atom. The monoisotopic (exact) mass is 359 g/mol. The fraction of sp³-hybridized carbons (Fsp3) is 0.111. The van der Waals surface area contributed by atoms with Crippen molar-refractivity contribution in [3.63, 3.8) is 0 Å². The van der Waals surface area contributed by atoms with Crippen molar-refractivity contribution in [1.82, 2.24) is 10.3 Å². The summed E-state index contributed by atoms with van der Waals surface area (Å²) in [6, 6.07) is 11.6. The molecule has 2 amide bonds. The molecule has 0 bridgehead atoms. The summed E-state index contributed by atoms with van der Waals surface area (Å²) in [5.74, 6) is -2.46.